The van der Waals surface area contributed by atoms with Gasteiger partial charge in [-0.1, -0.05) is 36.4 Å². The number of ether oxygens (including phenoxy) is 2. The van der Waals surface area contributed by atoms with E-state index >= 15 is 0 Å². The summed E-state index contributed by atoms with van der Waals surface area (Å²) in [6.45, 7) is 3.51. The molecule has 254 valence electrons. The number of carbonyl (C=O) groups is 3. The predicted molar refractivity (Wildman–Crippen MR) is 169 cm³/mol. The smallest absolute Gasteiger partial charge is 0.360 e. The summed E-state index contributed by atoms with van der Waals surface area (Å²) in [5.74, 6) is -3.28. The number of carbonyl (C=O) groups excluding carboxylic acids is 3. The van der Waals surface area contributed by atoms with Gasteiger partial charge in [-0.15, -0.1) is 5.73 Å². The van der Waals surface area contributed by atoms with E-state index in [1.54, 1.807) is 43.3 Å². The molecule has 0 spiro atoms. The van der Waals surface area contributed by atoms with Crippen LogP contribution in [0.4, 0.5) is 0 Å². The van der Waals surface area contributed by atoms with Gasteiger partial charge in [0, 0.05) is 6.54 Å². The summed E-state index contributed by atoms with van der Waals surface area (Å²) in [6, 6.07) is 8.61. The van der Waals surface area contributed by atoms with Crippen LogP contribution in [-0.2, 0) is 52.3 Å². The number of rotatable bonds is 15. The number of aromatic amines is 1. The minimum absolute atomic E-state index is 0.00800. The molecule has 2 aromatic rings. The van der Waals surface area contributed by atoms with Crippen LogP contribution < -0.4 is 5.56 Å². The van der Waals surface area contributed by atoms with E-state index in [0.29, 0.717) is 16.1 Å². The van der Waals surface area contributed by atoms with Gasteiger partial charge in [0.2, 0.25) is 0 Å². The van der Waals surface area contributed by atoms with Crippen LogP contribution in [0.3, 0.4) is 0 Å². The summed E-state index contributed by atoms with van der Waals surface area (Å²) >= 11 is 0. The highest BCUT2D eigenvalue weighted by Gasteiger charge is 2.37. The van der Waals surface area contributed by atoms with Crippen LogP contribution in [0.5, 0.6) is 0 Å². The molecule has 47 heavy (non-hydrogen) atoms. The summed E-state index contributed by atoms with van der Waals surface area (Å²) in [5.41, 5.74) is 2.11. The summed E-state index contributed by atoms with van der Waals surface area (Å²) < 4.78 is 74.9. The molecule has 1 aliphatic heterocycles. The van der Waals surface area contributed by atoms with Gasteiger partial charge in [-0.2, -0.15) is 21.9 Å². The van der Waals surface area contributed by atoms with Crippen molar-refractivity contribution in [2.24, 2.45) is 5.10 Å². The van der Waals surface area contributed by atoms with Crippen molar-refractivity contribution in [2.45, 2.75) is 45.4 Å². The highest BCUT2D eigenvalue weighted by atomic mass is 32.2. The van der Waals surface area contributed by atoms with Crippen LogP contribution in [0.2, 0.25) is 0 Å². The van der Waals surface area contributed by atoms with Crippen molar-refractivity contribution in [3.05, 3.63) is 81.0 Å². The molecule has 16 nitrogen and oxygen atoms in total. The molecule has 0 aliphatic carbocycles. The van der Waals surface area contributed by atoms with Gasteiger partial charge in [0.1, 0.15) is 16.5 Å². The van der Waals surface area contributed by atoms with Gasteiger partial charge in [-0.05, 0) is 50.8 Å². The molecule has 3 rings (SSSR count). The number of amides is 1. The average molecular weight is 695 g/mol. The fourth-order valence-electron chi connectivity index (χ4n) is 4.28. The number of hydrogen-bond donors (Lipinski definition) is 3. The van der Waals surface area contributed by atoms with Crippen molar-refractivity contribution in [3.8, 4) is 0 Å². The molecular formula is C29H34N4O12S2. The third-order valence-corrected chi connectivity index (χ3v) is 8.60. The van der Waals surface area contributed by atoms with E-state index in [1.165, 1.54) is 13.0 Å². The van der Waals surface area contributed by atoms with E-state index in [9.17, 15) is 40.6 Å². The fourth-order valence-corrected chi connectivity index (χ4v) is 5.10. The Hall–Kier alpha value is -4.61. The van der Waals surface area contributed by atoms with Crippen LogP contribution >= 0.6 is 0 Å². The van der Waals surface area contributed by atoms with Crippen molar-refractivity contribution in [1.82, 2.24) is 14.8 Å². The second-order valence-corrected chi connectivity index (χ2v) is 13.5. The maximum Gasteiger partial charge on any atom is 0.360 e. The monoisotopic (exact) mass is 694 g/mol. The van der Waals surface area contributed by atoms with Crippen LogP contribution in [0.15, 0.2) is 63.7 Å². The number of nitrogens with zero attached hydrogens (tertiary/aromatic N) is 3. The Morgan fingerprint density at radius 3 is 2.28 bits per heavy atom. The Labute approximate surface area is 270 Å². The Balaban J connectivity index is 2.10. The lowest BCUT2D eigenvalue weighted by Crippen LogP contribution is -2.33. The van der Waals surface area contributed by atoms with Crippen molar-refractivity contribution < 1.29 is 49.8 Å². The third kappa shape index (κ3) is 9.94. The Morgan fingerprint density at radius 2 is 1.68 bits per heavy atom. The molecule has 0 bridgehead atoms. The van der Waals surface area contributed by atoms with Gasteiger partial charge in [0.15, 0.2) is 5.71 Å². The Morgan fingerprint density at radius 1 is 1.04 bits per heavy atom. The van der Waals surface area contributed by atoms with Gasteiger partial charge >= 0.3 is 11.9 Å². The molecule has 18 heteroatoms. The number of nitrogens with one attached hydrogen (secondary N) is 1. The Kier molecular flexibility index (Phi) is 12.4. The molecule has 2 heterocycles. The summed E-state index contributed by atoms with van der Waals surface area (Å²) in [5, 5.41) is 5.86. The van der Waals surface area contributed by atoms with Gasteiger partial charge in [-0.25, -0.2) is 14.6 Å². The fraction of sp³-hybridized carbons (Fsp3) is 0.379. The van der Waals surface area contributed by atoms with E-state index in [1.807, 2.05) is 0 Å². The average Bonchev–Trinajstić information content (AvgIpc) is 3.48. The van der Waals surface area contributed by atoms with E-state index < -0.39 is 66.9 Å². The second kappa shape index (κ2) is 15.8. The Bertz CT molecular complexity index is 1920. The van der Waals surface area contributed by atoms with E-state index in [0.717, 1.165) is 11.6 Å². The van der Waals surface area contributed by atoms with Crippen molar-refractivity contribution in [2.75, 3.05) is 25.5 Å². The first-order valence-corrected chi connectivity index (χ1v) is 17.4. The lowest BCUT2D eigenvalue weighted by Gasteiger charge is -2.14. The second-order valence-electron chi connectivity index (χ2n) is 10.1. The van der Waals surface area contributed by atoms with Crippen molar-refractivity contribution >= 4 is 49.4 Å². The molecule has 0 fully saturated rings. The molecule has 1 amide bonds. The number of allylic oxidation sites excluding steroid dienone is 2. The number of aromatic nitrogens is 2. The number of hydrazone groups is 1. The maximum atomic E-state index is 13.3. The largest absolute Gasteiger partial charge is 0.461 e. The topological polar surface area (TPSA) is 232 Å². The molecule has 1 unspecified atom stereocenters. The first-order chi connectivity index (χ1) is 22.1. The summed E-state index contributed by atoms with van der Waals surface area (Å²) in [4.78, 5) is 51.8. The molecule has 1 aromatic carbocycles. The highest BCUT2D eigenvalue weighted by molar-refractivity contribution is 7.86. The van der Waals surface area contributed by atoms with E-state index in [4.69, 9.17) is 14.0 Å². The zero-order chi connectivity index (χ0) is 34.9. The van der Waals surface area contributed by atoms with Crippen LogP contribution in [0.25, 0.3) is 5.57 Å². The van der Waals surface area contributed by atoms with Crippen molar-refractivity contribution in [3.63, 3.8) is 0 Å². The van der Waals surface area contributed by atoms with Gasteiger partial charge in [0.25, 0.3) is 31.7 Å². The van der Waals surface area contributed by atoms with Gasteiger partial charge in [-0.3, -0.25) is 28.5 Å². The molecule has 0 radical (unpaired) electrons. The normalized spacial score (nSPS) is 14.4. The van der Waals surface area contributed by atoms with Crippen LogP contribution in [0.1, 0.15) is 48.8 Å². The number of esters is 2. The van der Waals surface area contributed by atoms with Crippen LogP contribution in [0, 0.1) is 0 Å². The molecule has 3 N–H and O–H groups in total. The summed E-state index contributed by atoms with van der Waals surface area (Å²) in [7, 11) is -8.81. The standard InChI is InChI=1S/C29H34N4O12S2/c1-4-44-28(36)24-22(26(34)32(30-24)16-9-17-46(38,39)40)14-12-21(20-10-7-6-8-11-20)13-15-23-25(29(37)45-5-2)31-33(27(23)35)18-19(3)47(41,42)43/h6-8,10-13,19,30H,4-5,9,14,16-18H2,1-3H3,(H,38,39,40)(H,41,42,43)/b21-12-. The quantitative estimate of drug-likeness (QED) is 0.0789. The minimum Gasteiger partial charge on any atom is -0.461 e. The molecule has 0 saturated heterocycles. The molecule has 1 aromatic heterocycles. The van der Waals surface area contributed by atoms with E-state index in [-0.39, 0.29) is 49.4 Å². The number of hydrogen-bond acceptors (Lipinski definition) is 11. The number of H-pyrrole nitrogens is 1. The molecular weight excluding hydrogens is 660 g/mol. The SMILES string of the molecule is CCOC(=O)C1=NN(CC(C)S(=O)(=O)O)C(=O)C1=C=C/C(=C/Cc1c(C(=O)OCC)[nH]n(CCCS(=O)(=O)O)c1=O)c1ccccc1. The zero-order valence-electron chi connectivity index (χ0n) is 25.7. The first kappa shape index (κ1) is 36.9. The zero-order valence-corrected chi connectivity index (χ0v) is 27.3. The first-order valence-electron chi connectivity index (χ1n) is 14.3. The molecule has 0 saturated carbocycles. The lowest BCUT2D eigenvalue weighted by molar-refractivity contribution is -0.135. The van der Waals surface area contributed by atoms with Crippen LogP contribution in [-0.4, -0.2) is 95.0 Å². The third-order valence-electron chi connectivity index (χ3n) is 6.63. The van der Waals surface area contributed by atoms with Gasteiger partial charge in [0.05, 0.1) is 31.1 Å². The van der Waals surface area contributed by atoms with Crippen molar-refractivity contribution in [1.29, 1.82) is 0 Å². The molecule has 1 atom stereocenters. The maximum absolute atomic E-state index is 13.3. The number of benzene rings is 1. The molecule has 1 aliphatic rings. The lowest BCUT2D eigenvalue weighted by atomic mass is 10.0. The summed E-state index contributed by atoms with van der Waals surface area (Å²) in [6.07, 6.45) is 2.62. The minimum atomic E-state index is -4.53. The highest BCUT2D eigenvalue weighted by Crippen LogP contribution is 2.21. The predicted octanol–water partition coefficient (Wildman–Crippen LogP) is 1.38. The van der Waals surface area contributed by atoms with Gasteiger partial charge < -0.3 is 9.47 Å². The number of aryl methyl sites for hydroxylation is 1. The van der Waals surface area contributed by atoms with E-state index in [2.05, 4.69) is 15.9 Å².